The Balaban J connectivity index is 1.76. The Morgan fingerprint density at radius 2 is 1.77 bits per heavy atom. The quantitative estimate of drug-likeness (QED) is 0.198. The molecule has 0 bridgehead atoms. The van der Waals surface area contributed by atoms with E-state index >= 15 is 0 Å². The maximum absolute atomic E-state index is 13.4. The van der Waals surface area contributed by atoms with Crippen molar-refractivity contribution in [1.29, 1.82) is 0 Å². The van der Waals surface area contributed by atoms with Crippen LogP contribution in [0.25, 0.3) is 0 Å². The van der Waals surface area contributed by atoms with Crippen molar-refractivity contribution >= 4 is 39.4 Å². The molecule has 0 atom stereocenters. The molecule has 12 nitrogen and oxygen atoms in total. The van der Waals surface area contributed by atoms with Crippen LogP contribution in [0.15, 0.2) is 82.8 Å². The molecule has 3 aromatic rings. The van der Waals surface area contributed by atoms with E-state index < -0.39 is 27.4 Å². The highest BCUT2D eigenvalue weighted by Crippen LogP contribution is 2.26. The van der Waals surface area contributed by atoms with Crippen LogP contribution in [-0.4, -0.2) is 55.9 Å². The molecule has 39 heavy (non-hydrogen) atoms. The van der Waals surface area contributed by atoms with Crippen LogP contribution < -0.4 is 15.5 Å². The number of nitrogens with one attached hydrogen (secondary N) is 2. The van der Waals surface area contributed by atoms with Crippen molar-refractivity contribution in [3.05, 3.63) is 94.0 Å². The molecule has 0 aliphatic heterocycles. The third-order valence-corrected chi connectivity index (χ3v) is 7.29. The molecule has 0 spiro atoms. The van der Waals surface area contributed by atoms with Gasteiger partial charge in [-0.15, -0.1) is 0 Å². The number of nitro groups is 1. The molecule has 204 valence electrons. The van der Waals surface area contributed by atoms with Gasteiger partial charge in [-0.2, -0.15) is 9.41 Å². The monoisotopic (exact) mass is 553 g/mol. The Bertz CT molecular complexity index is 1460. The largest absolute Gasteiger partial charge is 0.490 e. The number of hydrazone groups is 1. The predicted octanol–water partition coefficient (Wildman–Crippen LogP) is 2.95. The molecule has 2 amide bonds. The van der Waals surface area contributed by atoms with Crippen LogP contribution in [-0.2, 0) is 26.0 Å². The summed E-state index contributed by atoms with van der Waals surface area (Å²) in [6, 6.07) is 19.0. The third kappa shape index (κ3) is 8.18. The summed E-state index contributed by atoms with van der Waals surface area (Å²) in [5.74, 6) is -0.928. The van der Waals surface area contributed by atoms with Crippen molar-refractivity contribution in [1.82, 2.24) is 9.73 Å². The molecule has 0 aliphatic carbocycles. The van der Waals surface area contributed by atoms with E-state index in [0.29, 0.717) is 17.7 Å². The van der Waals surface area contributed by atoms with Gasteiger partial charge in [0.05, 0.1) is 29.7 Å². The molecule has 0 saturated heterocycles. The smallest absolute Gasteiger partial charge is 0.311 e. The first-order valence-electron chi connectivity index (χ1n) is 11.7. The summed E-state index contributed by atoms with van der Waals surface area (Å²) < 4.78 is 32.8. The van der Waals surface area contributed by atoms with E-state index in [1.807, 2.05) is 30.3 Å². The van der Waals surface area contributed by atoms with Crippen LogP contribution in [0.1, 0.15) is 18.1 Å². The molecule has 13 heteroatoms. The average Bonchev–Trinajstić information content (AvgIpc) is 2.91. The lowest BCUT2D eigenvalue weighted by molar-refractivity contribution is -0.385. The van der Waals surface area contributed by atoms with Gasteiger partial charge >= 0.3 is 5.69 Å². The maximum atomic E-state index is 13.4. The van der Waals surface area contributed by atoms with Gasteiger partial charge in [-0.05, 0) is 48.4 Å². The minimum atomic E-state index is -4.09. The fraction of sp³-hybridized carbons (Fsp3) is 0.192. The first-order valence-corrected chi connectivity index (χ1v) is 13.1. The highest BCUT2D eigenvalue weighted by atomic mass is 32.2. The van der Waals surface area contributed by atoms with Crippen LogP contribution >= 0.6 is 0 Å². The number of hydrogen-bond acceptors (Lipinski definition) is 8. The second-order valence-corrected chi connectivity index (χ2v) is 10.2. The first kappa shape index (κ1) is 28.9. The third-order valence-electron chi connectivity index (χ3n) is 5.43. The summed E-state index contributed by atoms with van der Waals surface area (Å²) in [4.78, 5) is 34.5. The molecule has 0 radical (unpaired) electrons. The highest BCUT2D eigenvalue weighted by molar-refractivity contribution is 7.89. The summed E-state index contributed by atoms with van der Waals surface area (Å²) in [7, 11) is -2.78. The number of carbonyl (C=O) groups is 2. The molecule has 0 fully saturated rings. The van der Waals surface area contributed by atoms with Crippen molar-refractivity contribution < 1.29 is 27.7 Å². The maximum Gasteiger partial charge on any atom is 0.311 e. The van der Waals surface area contributed by atoms with E-state index in [-0.39, 0.29) is 28.8 Å². The van der Waals surface area contributed by atoms with E-state index in [2.05, 4.69) is 15.8 Å². The molecule has 0 saturated carbocycles. The van der Waals surface area contributed by atoms with Crippen LogP contribution in [0.2, 0.25) is 0 Å². The van der Waals surface area contributed by atoms with Gasteiger partial charge in [0.1, 0.15) is 0 Å². The lowest BCUT2D eigenvalue weighted by Crippen LogP contribution is -2.40. The second-order valence-electron chi connectivity index (χ2n) is 8.26. The summed E-state index contributed by atoms with van der Waals surface area (Å²) in [5.41, 5.74) is 3.65. The van der Waals surface area contributed by atoms with E-state index in [1.165, 1.54) is 62.7 Å². The van der Waals surface area contributed by atoms with Gasteiger partial charge in [0.2, 0.25) is 15.9 Å². The number of ether oxygens (including phenoxy) is 1. The fourth-order valence-corrected chi connectivity index (χ4v) is 4.95. The fourth-order valence-electron chi connectivity index (χ4n) is 3.55. The molecule has 0 unspecified atom stereocenters. The molecule has 0 heterocycles. The Labute approximate surface area is 225 Å². The lowest BCUT2D eigenvalue weighted by Gasteiger charge is -2.21. The minimum Gasteiger partial charge on any atom is -0.490 e. The number of benzene rings is 3. The standard InChI is InChI=1S/C26H27N5O7S/c1-19(32)28-22-9-11-23(12-10-22)39(36,37)30(15-14-20-6-4-3-5-7-20)18-26(33)29-27-17-21-8-13-25(38-2)24(16-21)31(34)35/h3-13,16-17H,14-15,18H2,1-2H3,(H,28,32)(H,29,33)/b27-17-. The molecule has 0 aromatic heterocycles. The Kier molecular flexibility index (Phi) is 9.84. The van der Waals surface area contributed by atoms with Crippen molar-refractivity contribution in [3.63, 3.8) is 0 Å². The lowest BCUT2D eigenvalue weighted by atomic mass is 10.1. The number of carbonyl (C=O) groups excluding carboxylic acids is 2. The van der Waals surface area contributed by atoms with Crippen LogP contribution in [0, 0.1) is 10.1 Å². The van der Waals surface area contributed by atoms with Gasteiger partial charge < -0.3 is 10.1 Å². The second kappa shape index (κ2) is 13.3. The molecule has 2 N–H and O–H groups in total. The van der Waals surface area contributed by atoms with Crippen molar-refractivity contribution in [2.45, 2.75) is 18.2 Å². The van der Waals surface area contributed by atoms with Crippen molar-refractivity contribution in [2.24, 2.45) is 5.10 Å². The zero-order chi connectivity index (χ0) is 28.4. The average molecular weight is 554 g/mol. The van der Waals surface area contributed by atoms with E-state index in [1.54, 1.807) is 0 Å². The number of nitro benzene ring substituents is 1. The summed E-state index contributed by atoms with van der Waals surface area (Å²) in [6.45, 7) is 0.831. The minimum absolute atomic E-state index is 0.0155. The van der Waals surface area contributed by atoms with Gasteiger partial charge in [-0.1, -0.05) is 30.3 Å². The highest BCUT2D eigenvalue weighted by Gasteiger charge is 2.26. The van der Waals surface area contributed by atoms with E-state index in [0.717, 1.165) is 9.87 Å². The Morgan fingerprint density at radius 3 is 2.38 bits per heavy atom. The summed E-state index contributed by atoms with van der Waals surface area (Å²) in [5, 5.41) is 17.6. The zero-order valence-corrected chi connectivity index (χ0v) is 22.1. The number of sulfonamides is 1. The topological polar surface area (TPSA) is 160 Å². The number of nitrogens with zero attached hydrogens (tertiary/aromatic N) is 3. The summed E-state index contributed by atoms with van der Waals surface area (Å²) >= 11 is 0. The number of hydrogen-bond donors (Lipinski definition) is 2. The molecular weight excluding hydrogens is 526 g/mol. The normalized spacial score (nSPS) is 11.4. The Hall–Kier alpha value is -4.62. The van der Waals surface area contributed by atoms with Crippen LogP contribution in [0.4, 0.5) is 11.4 Å². The summed E-state index contributed by atoms with van der Waals surface area (Å²) in [6.07, 6.45) is 1.56. The number of amides is 2. The van der Waals surface area contributed by atoms with Crippen LogP contribution in [0.3, 0.4) is 0 Å². The molecule has 0 aliphatic rings. The molecule has 3 rings (SSSR count). The van der Waals surface area contributed by atoms with Crippen LogP contribution in [0.5, 0.6) is 5.75 Å². The van der Waals surface area contributed by atoms with Gasteiger partial charge in [0.25, 0.3) is 5.91 Å². The van der Waals surface area contributed by atoms with Gasteiger partial charge in [0, 0.05) is 30.8 Å². The van der Waals surface area contributed by atoms with Gasteiger partial charge in [-0.25, -0.2) is 13.8 Å². The molecule has 3 aromatic carbocycles. The van der Waals surface area contributed by atoms with E-state index in [9.17, 15) is 28.1 Å². The van der Waals surface area contributed by atoms with Gasteiger partial charge in [0.15, 0.2) is 5.75 Å². The van der Waals surface area contributed by atoms with Gasteiger partial charge in [-0.3, -0.25) is 19.7 Å². The SMILES string of the molecule is COc1ccc(/C=N\NC(=O)CN(CCc2ccccc2)S(=O)(=O)c2ccc(NC(C)=O)cc2)cc1[N+](=O)[O-]. The van der Waals surface area contributed by atoms with Crippen molar-refractivity contribution in [3.8, 4) is 5.75 Å². The predicted molar refractivity (Wildman–Crippen MR) is 145 cm³/mol. The first-order chi connectivity index (χ1) is 18.6. The Morgan fingerprint density at radius 1 is 1.08 bits per heavy atom. The number of methoxy groups -OCH3 is 1. The van der Waals surface area contributed by atoms with E-state index in [4.69, 9.17) is 4.74 Å². The van der Waals surface area contributed by atoms with Crippen molar-refractivity contribution in [2.75, 3.05) is 25.5 Å². The molecular formula is C26H27N5O7S. The zero-order valence-electron chi connectivity index (χ0n) is 21.2. The number of rotatable bonds is 12. The number of anilines is 1.